The number of hydrogen-bond acceptors (Lipinski definition) is 8. The van der Waals surface area contributed by atoms with Gasteiger partial charge in [-0.05, 0) is 38.3 Å². The molecule has 0 aliphatic rings. The number of rotatable bonds is 10. The monoisotopic (exact) mass is 504 g/mol. The molecule has 0 spiro atoms. The molecule has 0 bridgehead atoms. The van der Waals surface area contributed by atoms with Crippen LogP contribution in [0.2, 0.25) is 0 Å². The fraction of sp³-hybridized carbons (Fsp3) is 0.391. The summed E-state index contributed by atoms with van der Waals surface area (Å²) < 4.78 is 7.12. The quantitative estimate of drug-likeness (QED) is 0.210. The highest BCUT2D eigenvalue weighted by Gasteiger charge is 2.23. The molecule has 0 saturated heterocycles. The molecule has 7 nitrogen and oxygen atoms in total. The SMILES string of the molecule is C=CCn1c(SCC(=O)Nc2sc(C)c(C)c2C(=O)OCC)nnc1-c1csc(C(C)C)c1. The molecule has 0 aliphatic heterocycles. The fourth-order valence-corrected chi connectivity index (χ4v) is 5.85. The summed E-state index contributed by atoms with van der Waals surface area (Å²) in [5, 5.41) is 14.8. The Hall–Kier alpha value is -2.43. The Balaban J connectivity index is 1.74. The van der Waals surface area contributed by atoms with Crippen molar-refractivity contribution in [2.24, 2.45) is 0 Å². The zero-order valence-electron chi connectivity index (χ0n) is 19.4. The predicted octanol–water partition coefficient (Wildman–Crippen LogP) is 5.90. The second-order valence-electron chi connectivity index (χ2n) is 7.64. The Morgan fingerprint density at radius 2 is 2.09 bits per heavy atom. The molecule has 33 heavy (non-hydrogen) atoms. The highest BCUT2D eigenvalue weighted by atomic mass is 32.2. The zero-order chi connectivity index (χ0) is 24.1. The number of aryl methyl sites for hydroxylation is 1. The highest BCUT2D eigenvalue weighted by molar-refractivity contribution is 7.99. The topological polar surface area (TPSA) is 86.1 Å². The van der Waals surface area contributed by atoms with Crippen molar-refractivity contribution in [2.45, 2.75) is 52.2 Å². The van der Waals surface area contributed by atoms with Crippen LogP contribution in [-0.4, -0.2) is 39.0 Å². The minimum absolute atomic E-state index is 0.133. The number of amides is 1. The predicted molar refractivity (Wildman–Crippen MR) is 137 cm³/mol. The van der Waals surface area contributed by atoms with Crippen LogP contribution in [-0.2, 0) is 16.1 Å². The number of aromatic nitrogens is 3. The summed E-state index contributed by atoms with van der Waals surface area (Å²) in [6, 6.07) is 2.14. The van der Waals surface area contributed by atoms with Crippen LogP contribution in [0.1, 0.15) is 52.4 Å². The van der Waals surface area contributed by atoms with E-state index in [2.05, 4.69) is 47.4 Å². The molecule has 3 rings (SSSR count). The Morgan fingerprint density at radius 1 is 1.33 bits per heavy atom. The van der Waals surface area contributed by atoms with E-state index in [-0.39, 0.29) is 18.3 Å². The minimum Gasteiger partial charge on any atom is -0.462 e. The third kappa shape index (κ3) is 5.74. The Bertz CT molecular complexity index is 1160. The molecule has 1 N–H and O–H groups in total. The van der Waals surface area contributed by atoms with Crippen LogP contribution in [0.5, 0.6) is 0 Å². The van der Waals surface area contributed by atoms with Crippen molar-refractivity contribution >= 4 is 51.3 Å². The van der Waals surface area contributed by atoms with Gasteiger partial charge in [0.2, 0.25) is 5.91 Å². The Kier molecular flexibility index (Phi) is 8.50. The van der Waals surface area contributed by atoms with Gasteiger partial charge in [0, 0.05) is 27.2 Å². The van der Waals surface area contributed by atoms with Gasteiger partial charge in [-0.25, -0.2) is 4.79 Å². The molecule has 0 fully saturated rings. The smallest absolute Gasteiger partial charge is 0.341 e. The third-order valence-electron chi connectivity index (χ3n) is 4.93. The number of hydrogen-bond donors (Lipinski definition) is 1. The van der Waals surface area contributed by atoms with Gasteiger partial charge >= 0.3 is 5.97 Å². The van der Waals surface area contributed by atoms with E-state index in [9.17, 15) is 9.59 Å². The molecule has 0 unspecified atom stereocenters. The lowest BCUT2D eigenvalue weighted by atomic mass is 10.1. The van der Waals surface area contributed by atoms with Crippen LogP contribution in [0.4, 0.5) is 5.00 Å². The molecule has 3 aromatic heterocycles. The third-order valence-corrected chi connectivity index (χ3v) is 8.25. The molecular formula is C23H28N4O3S3. The van der Waals surface area contributed by atoms with E-state index in [4.69, 9.17) is 4.74 Å². The van der Waals surface area contributed by atoms with Crippen LogP contribution in [0, 0.1) is 13.8 Å². The van der Waals surface area contributed by atoms with Crippen molar-refractivity contribution in [3.05, 3.63) is 45.0 Å². The van der Waals surface area contributed by atoms with Crippen molar-refractivity contribution in [3.8, 4) is 11.4 Å². The Morgan fingerprint density at radius 3 is 2.73 bits per heavy atom. The number of nitrogens with one attached hydrogen (secondary N) is 1. The largest absolute Gasteiger partial charge is 0.462 e. The lowest BCUT2D eigenvalue weighted by molar-refractivity contribution is -0.113. The number of thioether (sulfide) groups is 1. The standard InChI is InChI=1S/C23H28N4O3S3/c1-7-9-27-20(16-10-17(13(3)4)31-11-16)25-26-23(27)32-12-18(28)24-21-19(22(29)30-8-2)14(5)15(6)33-21/h7,10-11,13H,1,8-9,12H2,2-6H3,(H,24,28). The number of allylic oxidation sites excluding steroid dienone is 1. The van der Waals surface area contributed by atoms with Crippen molar-refractivity contribution < 1.29 is 14.3 Å². The van der Waals surface area contributed by atoms with Gasteiger partial charge in [-0.2, -0.15) is 0 Å². The molecule has 3 aromatic rings. The second-order valence-corrected chi connectivity index (χ2v) is 10.8. The molecule has 0 aromatic carbocycles. The molecule has 0 aliphatic carbocycles. The zero-order valence-corrected chi connectivity index (χ0v) is 21.9. The first-order chi connectivity index (χ1) is 15.8. The average molecular weight is 505 g/mol. The molecule has 0 radical (unpaired) electrons. The summed E-state index contributed by atoms with van der Waals surface area (Å²) in [5.74, 6) is 0.693. The summed E-state index contributed by atoms with van der Waals surface area (Å²) in [4.78, 5) is 27.3. The van der Waals surface area contributed by atoms with Gasteiger partial charge in [0.25, 0.3) is 0 Å². The van der Waals surface area contributed by atoms with Gasteiger partial charge in [0.1, 0.15) is 5.00 Å². The number of ether oxygens (including phenoxy) is 1. The van der Waals surface area contributed by atoms with Crippen LogP contribution in [0.3, 0.4) is 0 Å². The average Bonchev–Trinajstić information content (AvgIpc) is 3.46. The van der Waals surface area contributed by atoms with E-state index in [0.29, 0.717) is 28.2 Å². The van der Waals surface area contributed by atoms with Crippen LogP contribution >= 0.6 is 34.4 Å². The minimum atomic E-state index is -0.422. The van der Waals surface area contributed by atoms with E-state index in [1.807, 2.05) is 18.4 Å². The van der Waals surface area contributed by atoms with Gasteiger partial charge in [-0.1, -0.05) is 31.7 Å². The van der Waals surface area contributed by atoms with E-state index in [1.54, 1.807) is 24.3 Å². The second kappa shape index (κ2) is 11.1. The lowest BCUT2D eigenvalue weighted by Crippen LogP contribution is -2.17. The molecule has 3 heterocycles. The molecule has 1 amide bonds. The van der Waals surface area contributed by atoms with E-state index >= 15 is 0 Å². The number of nitrogens with zero attached hydrogens (tertiary/aromatic N) is 3. The summed E-state index contributed by atoms with van der Waals surface area (Å²) in [5.41, 5.74) is 2.26. The highest BCUT2D eigenvalue weighted by Crippen LogP contribution is 2.34. The lowest BCUT2D eigenvalue weighted by Gasteiger charge is -2.08. The maximum absolute atomic E-state index is 12.7. The number of anilines is 1. The number of esters is 1. The van der Waals surface area contributed by atoms with Crippen LogP contribution < -0.4 is 5.32 Å². The summed E-state index contributed by atoms with van der Waals surface area (Å²) in [6.07, 6.45) is 1.79. The van der Waals surface area contributed by atoms with Gasteiger partial charge in [0.15, 0.2) is 11.0 Å². The summed E-state index contributed by atoms with van der Waals surface area (Å²) >= 11 is 4.38. The summed E-state index contributed by atoms with van der Waals surface area (Å²) in [6.45, 7) is 14.5. The van der Waals surface area contributed by atoms with Gasteiger partial charge < -0.3 is 10.1 Å². The molecule has 10 heteroatoms. The maximum atomic E-state index is 12.7. The normalized spacial score (nSPS) is 11.1. The van der Waals surface area contributed by atoms with Gasteiger partial charge in [0.05, 0.1) is 17.9 Å². The van der Waals surface area contributed by atoms with Crippen molar-refractivity contribution in [1.82, 2.24) is 14.8 Å². The van der Waals surface area contributed by atoms with Gasteiger partial charge in [-0.3, -0.25) is 9.36 Å². The first kappa shape index (κ1) is 25.2. The fourth-order valence-electron chi connectivity index (χ4n) is 3.13. The molecule has 176 valence electrons. The molecule has 0 atom stereocenters. The van der Waals surface area contributed by atoms with E-state index in [0.717, 1.165) is 21.8 Å². The van der Waals surface area contributed by atoms with E-state index in [1.165, 1.54) is 28.0 Å². The first-order valence-corrected chi connectivity index (χ1v) is 13.3. The number of thiophene rings is 2. The van der Waals surface area contributed by atoms with Gasteiger partial charge in [-0.15, -0.1) is 39.4 Å². The van der Waals surface area contributed by atoms with Crippen molar-refractivity contribution in [1.29, 1.82) is 0 Å². The first-order valence-electron chi connectivity index (χ1n) is 10.6. The molecule has 0 saturated carbocycles. The van der Waals surface area contributed by atoms with Crippen LogP contribution in [0.15, 0.2) is 29.3 Å². The van der Waals surface area contributed by atoms with E-state index < -0.39 is 5.97 Å². The maximum Gasteiger partial charge on any atom is 0.341 e. The van der Waals surface area contributed by atoms with Crippen molar-refractivity contribution in [2.75, 3.05) is 17.7 Å². The van der Waals surface area contributed by atoms with Crippen LogP contribution in [0.25, 0.3) is 11.4 Å². The summed E-state index contributed by atoms with van der Waals surface area (Å²) in [7, 11) is 0. The van der Waals surface area contributed by atoms with Crippen molar-refractivity contribution in [3.63, 3.8) is 0 Å². The number of carbonyl (C=O) groups is 2. The Labute approximate surface area is 206 Å². The molecular weight excluding hydrogens is 476 g/mol. The number of carbonyl (C=O) groups excluding carboxylic acids is 2.